The van der Waals surface area contributed by atoms with E-state index in [2.05, 4.69) is 25.9 Å². The van der Waals surface area contributed by atoms with Gasteiger partial charge in [0, 0.05) is 10.7 Å². The molecule has 0 bridgehead atoms. The zero-order chi connectivity index (χ0) is 21.3. The van der Waals surface area contributed by atoms with Crippen molar-refractivity contribution in [2.75, 3.05) is 7.11 Å². The SMILES string of the molecule is COc1ccc(N=Cc2c(O)n(-c3ccc(Br)c(C)c3C)c(=O)[nH]c2=O)cc1Cl. The number of methoxy groups -OCH3 is 1. The number of aromatic nitrogens is 2. The lowest BCUT2D eigenvalue weighted by molar-refractivity contribution is 0.415. The fraction of sp³-hybridized carbons (Fsp3) is 0.150. The van der Waals surface area contributed by atoms with Gasteiger partial charge in [-0.2, -0.15) is 0 Å². The highest BCUT2D eigenvalue weighted by atomic mass is 79.9. The molecule has 3 aromatic rings. The Morgan fingerprint density at radius 1 is 1.21 bits per heavy atom. The minimum atomic E-state index is -0.751. The summed E-state index contributed by atoms with van der Waals surface area (Å²) in [4.78, 5) is 31.1. The van der Waals surface area contributed by atoms with E-state index in [1.807, 2.05) is 13.8 Å². The fourth-order valence-electron chi connectivity index (χ4n) is 2.77. The van der Waals surface area contributed by atoms with Crippen LogP contribution in [-0.2, 0) is 0 Å². The molecule has 0 unspecified atom stereocenters. The summed E-state index contributed by atoms with van der Waals surface area (Å²) in [7, 11) is 1.50. The number of hydrogen-bond acceptors (Lipinski definition) is 5. The molecule has 0 saturated carbocycles. The standard InChI is InChI=1S/C20H17BrClN3O4/c1-10-11(2)16(6-5-14(10)21)25-19(27)13(18(26)24-20(25)28)9-23-12-4-7-17(29-3)15(22)8-12/h4-9,27H,1-3H3,(H,24,26,28). The number of nitrogens with zero attached hydrogens (tertiary/aromatic N) is 2. The molecule has 7 nitrogen and oxygen atoms in total. The monoisotopic (exact) mass is 477 g/mol. The number of hydrogen-bond donors (Lipinski definition) is 2. The van der Waals surface area contributed by atoms with Crippen molar-refractivity contribution in [2.45, 2.75) is 13.8 Å². The summed E-state index contributed by atoms with van der Waals surface area (Å²) < 4.78 is 7.00. The summed E-state index contributed by atoms with van der Waals surface area (Å²) in [5.41, 5.74) is 0.920. The van der Waals surface area contributed by atoms with Gasteiger partial charge in [0.1, 0.15) is 11.3 Å². The number of H-pyrrole nitrogens is 1. The molecule has 0 aliphatic rings. The van der Waals surface area contributed by atoms with Crippen molar-refractivity contribution < 1.29 is 9.84 Å². The van der Waals surface area contributed by atoms with Crippen molar-refractivity contribution in [1.82, 2.24) is 9.55 Å². The van der Waals surface area contributed by atoms with Crippen LogP contribution in [0.2, 0.25) is 5.02 Å². The minimum Gasteiger partial charge on any atom is -0.495 e. The molecular formula is C20H17BrClN3O4. The Kier molecular flexibility index (Phi) is 5.95. The average Bonchev–Trinajstić information content (AvgIpc) is 2.67. The largest absolute Gasteiger partial charge is 0.495 e. The maximum Gasteiger partial charge on any atom is 0.335 e. The highest BCUT2D eigenvalue weighted by Crippen LogP contribution is 2.29. The third-order valence-corrected chi connectivity index (χ3v) is 5.69. The first-order chi connectivity index (χ1) is 13.7. The molecule has 2 aromatic carbocycles. The molecule has 3 rings (SSSR count). The molecule has 0 aliphatic carbocycles. The highest BCUT2D eigenvalue weighted by molar-refractivity contribution is 9.10. The Morgan fingerprint density at radius 2 is 1.93 bits per heavy atom. The normalized spacial score (nSPS) is 11.2. The molecule has 1 heterocycles. The van der Waals surface area contributed by atoms with Crippen LogP contribution in [-0.4, -0.2) is 28.0 Å². The van der Waals surface area contributed by atoms with Crippen molar-refractivity contribution in [3.05, 3.63) is 77.4 Å². The molecule has 0 aliphatic heterocycles. The van der Waals surface area contributed by atoms with Crippen LogP contribution in [0.25, 0.3) is 5.69 Å². The van der Waals surface area contributed by atoms with Gasteiger partial charge in [-0.05, 0) is 55.3 Å². The molecular weight excluding hydrogens is 462 g/mol. The number of aromatic amines is 1. The van der Waals surface area contributed by atoms with Crippen LogP contribution in [0.15, 0.2) is 49.4 Å². The van der Waals surface area contributed by atoms with Gasteiger partial charge in [0.15, 0.2) is 0 Å². The number of halogens is 2. The smallest absolute Gasteiger partial charge is 0.335 e. The second-order valence-corrected chi connectivity index (χ2v) is 7.49. The van der Waals surface area contributed by atoms with Crippen molar-refractivity contribution in [3.63, 3.8) is 0 Å². The molecule has 0 spiro atoms. The van der Waals surface area contributed by atoms with Gasteiger partial charge in [0.2, 0.25) is 5.88 Å². The van der Waals surface area contributed by atoms with Crippen LogP contribution in [0.4, 0.5) is 5.69 Å². The summed E-state index contributed by atoms with van der Waals surface area (Å²) in [5.74, 6) is -0.0205. The molecule has 2 N–H and O–H groups in total. The lowest BCUT2D eigenvalue weighted by Crippen LogP contribution is -2.31. The van der Waals surface area contributed by atoms with Gasteiger partial charge in [0.25, 0.3) is 5.56 Å². The van der Waals surface area contributed by atoms with Crippen LogP contribution < -0.4 is 16.0 Å². The zero-order valence-electron chi connectivity index (χ0n) is 15.8. The molecule has 0 amide bonds. The lowest BCUT2D eigenvalue weighted by atomic mass is 10.1. The Balaban J connectivity index is 2.14. The van der Waals surface area contributed by atoms with E-state index in [1.54, 1.807) is 30.3 Å². The molecule has 9 heteroatoms. The average molecular weight is 479 g/mol. The van der Waals surface area contributed by atoms with Gasteiger partial charge in [-0.25, -0.2) is 9.36 Å². The second kappa shape index (κ2) is 8.26. The maximum absolute atomic E-state index is 12.4. The van der Waals surface area contributed by atoms with Crippen LogP contribution in [0.5, 0.6) is 11.6 Å². The summed E-state index contributed by atoms with van der Waals surface area (Å²) in [6.07, 6.45) is 1.18. The van der Waals surface area contributed by atoms with Crippen LogP contribution in [0.1, 0.15) is 16.7 Å². The van der Waals surface area contributed by atoms with E-state index in [-0.39, 0.29) is 5.56 Å². The van der Waals surface area contributed by atoms with E-state index >= 15 is 0 Å². The van der Waals surface area contributed by atoms with E-state index < -0.39 is 17.1 Å². The van der Waals surface area contributed by atoms with Crippen LogP contribution in [0, 0.1) is 13.8 Å². The number of ether oxygens (including phenoxy) is 1. The number of aliphatic imine (C=N–C) groups is 1. The molecule has 0 atom stereocenters. The van der Waals surface area contributed by atoms with Crippen LogP contribution >= 0.6 is 27.5 Å². The van der Waals surface area contributed by atoms with Gasteiger partial charge in [0.05, 0.1) is 23.5 Å². The molecule has 0 saturated heterocycles. The lowest BCUT2D eigenvalue weighted by Gasteiger charge is -2.14. The Bertz CT molecular complexity index is 1250. The van der Waals surface area contributed by atoms with E-state index in [9.17, 15) is 14.7 Å². The predicted octanol–water partition coefficient (Wildman–Crippen LogP) is 4.02. The van der Waals surface area contributed by atoms with Crippen molar-refractivity contribution in [3.8, 4) is 17.3 Å². The van der Waals surface area contributed by atoms with Crippen molar-refractivity contribution in [1.29, 1.82) is 0 Å². The number of rotatable bonds is 4. The number of aromatic hydroxyl groups is 1. The van der Waals surface area contributed by atoms with Gasteiger partial charge in [-0.15, -0.1) is 0 Å². The van der Waals surface area contributed by atoms with E-state index in [0.29, 0.717) is 22.1 Å². The third kappa shape index (κ3) is 3.99. The van der Waals surface area contributed by atoms with Gasteiger partial charge < -0.3 is 9.84 Å². The first-order valence-corrected chi connectivity index (χ1v) is 9.63. The minimum absolute atomic E-state index is 0.156. The molecule has 29 heavy (non-hydrogen) atoms. The van der Waals surface area contributed by atoms with Gasteiger partial charge >= 0.3 is 5.69 Å². The Morgan fingerprint density at radius 3 is 2.59 bits per heavy atom. The zero-order valence-corrected chi connectivity index (χ0v) is 18.1. The molecule has 1 aromatic heterocycles. The van der Waals surface area contributed by atoms with Crippen molar-refractivity contribution >= 4 is 39.4 Å². The van der Waals surface area contributed by atoms with Crippen molar-refractivity contribution in [2.24, 2.45) is 4.99 Å². The van der Waals surface area contributed by atoms with Gasteiger partial charge in [-0.3, -0.25) is 14.8 Å². The second-order valence-electron chi connectivity index (χ2n) is 6.23. The molecule has 150 valence electrons. The van der Waals surface area contributed by atoms with E-state index in [0.717, 1.165) is 20.2 Å². The number of nitrogens with one attached hydrogen (secondary N) is 1. The summed E-state index contributed by atoms with van der Waals surface area (Å²) in [6, 6.07) is 8.27. The van der Waals surface area contributed by atoms with E-state index in [1.165, 1.54) is 13.3 Å². The topological polar surface area (TPSA) is 96.7 Å². The summed E-state index contributed by atoms with van der Waals surface area (Å²) >= 11 is 9.51. The van der Waals surface area contributed by atoms with Crippen LogP contribution in [0.3, 0.4) is 0 Å². The predicted molar refractivity (Wildman–Crippen MR) is 117 cm³/mol. The quantitative estimate of drug-likeness (QED) is 0.554. The maximum atomic E-state index is 12.4. The fourth-order valence-corrected chi connectivity index (χ4v) is 3.45. The summed E-state index contributed by atoms with van der Waals surface area (Å²) in [6.45, 7) is 3.70. The number of benzene rings is 2. The first-order valence-electron chi connectivity index (χ1n) is 8.46. The first kappa shape index (κ1) is 20.9. The van der Waals surface area contributed by atoms with Gasteiger partial charge in [-0.1, -0.05) is 27.5 Å². The molecule has 0 radical (unpaired) electrons. The highest BCUT2D eigenvalue weighted by Gasteiger charge is 2.17. The Hall–Kier alpha value is -2.84. The summed E-state index contributed by atoms with van der Waals surface area (Å²) in [5, 5.41) is 11.1. The van der Waals surface area contributed by atoms with E-state index in [4.69, 9.17) is 16.3 Å². The Labute approximate surface area is 179 Å². The third-order valence-electron chi connectivity index (χ3n) is 4.53. The molecule has 0 fully saturated rings.